The van der Waals surface area contributed by atoms with E-state index in [0.29, 0.717) is 39.7 Å². The Morgan fingerprint density at radius 1 is 1.24 bits per heavy atom. The number of carbonyl (C=O) groups excluding carboxylic acids is 2. The maximum atomic E-state index is 13.8. The van der Waals surface area contributed by atoms with Crippen molar-refractivity contribution in [3.8, 4) is 5.75 Å². The molecule has 1 aliphatic heterocycles. The molecular formula is C25H30BrN3O4. The Morgan fingerprint density at radius 2 is 1.97 bits per heavy atom. The summed E-state index contributed by atoms with van der Waals surface area (Å²) in [4.78, 5) is 28.1. The highest BCUT2D eigenvalue weighted by atomic mass is 79.9. The number of urea groups is 1. The van der Waals surface area contributed by atoms with Crippen LogP contribution in [0.3, 0.4) is 0 Å². The van der Waals surface area contributed by atoms with Crippen LogP contribution in [0.4, 0.5) is 16.2 Å². The molecule has 33 heavy (non-hydrogen) atoms. The molecule has 3 N–H and O–H groups in total. The smallest absolute Gasteiger partial charge is 0.329 e. The van der Waals surface area contributed by atoms with Gasteiger partial charge in [0.05, 0.1) is 12.3 Å². The summed E-state index contributed by atoms with van der Waals surface area (Å²) in [6, 6.07) is 11.2. The number of nitrogens with zero attached hydrogens (tertiary/aromatic N) is 1. The second-order valence-electron chi connectivity index (χ2n) is 8.90. The first kappa shape index (κ1) is 23.6. The second kappa shape index (κ2) is 9.35. The van der Waals surface area contributed by atoms with E-state index in [4.69, 9.17) is 4.74 Å². The van der Waals surface area contributed by atoms with Crippen LogP contribution in [0.1, 0.15) is 45.6 Å². The number of aliphatic hydroxyl groups is 1. The fraction of sp³-hybridized carbons (Fsp3) is 0.440. The third kappa shape index (κ3) is 4.34. The van der Waals surface area contributed by atoms with Crippen molar-refractivity contribution < 1.29 is 19.4 Å². The van der Waals surface area contributed by atoms with Gasteiger partial charge in [0.15, 0.2) is 0 Å². The molecule has 1 fully saturated rings. The lowest BCUT2D eigenvalue weighted by Gasteiger charge is -2.44. The summed E-state index contributed by atoms with van der Waals surface area (Å²) in [5, 5.41) is 17.9. The molecule has 0 radical (unpaired) electrons. The minimum Gasteiger partial charge on any atom is -0.494 e. The zero-order chi connectivity index (χ0) is 23.8. The molecule has 2 aromatic rings. The lowest BCUT2D eigenvalue weighted by Crippen LogP contribution is -2.64. The summed E-state index contributed by atoms with van der Waals surface area (Å²) in [6.45, 7) is 6.71. The summed E-state index contributed by atoms with van der Waals surface area (Å²) in [6.07, 6.45) is 2.97. The van der Waals surface area contributed by atoms with Crippen LogP contribution in [-0.2, 0) is 10.5 Å². The van der Waals surface area contributed by atoms with Gasteiger partial charge < -0.3 is 20.5 Å². The Bertz CT molecular complexity index is 1040. The van der Waals surface area contributed by atoms with Gasteiger partial charge in [-0.2, -0.15) is 0 Å². The number of benzene rings is 2. The molecule has 0 spiro atoms. The van der Waals surface area contributed by atoms with E-state index in [-0.39, 0.29) is 12.0 Å². The normalized spacial score (nSPS) is 26.9. The van der Waals surface area contributed by atoms with Crippen molar-refractivity contribution in [2.24, 2.45) is 11.8 Å². The summed E-state index contributed by atoms with van der Waals surface area (Å²) in [5.74, 6) is 0.762. The maximum absolute atomic E-state index is 13.8. The Labute approximate surface area is 202 Å². The SMILES string of the molecule is CCOc1ccc(N2C(=O)Nc3ccc(Br)cc3[C@@]2(O)C(=O)N[C@H]2CCC[C@H](C)[C@@H]2C)cc1. The number of halogens is 1. The van der Waals surface area contributed by atoms with Crippen molar-refractivity contribution in [3.05, 3.63) is 52.5 Å². The molecular weight excluding hydrogens is 486 g/mol. The van der Waals surface area contributed by atoms with E-state index in [1.165, 1.54) is 0 Å². The van der Waals surface area contributed by atoms with Gasteiger partial charge in [0.25, 0.3) is 11.6 Å². The predicted molar refractivity (Wildman–Crippen MR) is 131 cm³/mol. The van der Waals surface area contributed by atoms with E-state index >= 15 is 0 Å². The number of hydrogen-bond donors (Lipinski definition) is 3. The molecule has 2 aromatic carbocycles. The molecule has 0 unspecified atom stereocenters. The van der Waals surface area contributed by atoms with Crippen molar-refractivity contribution in [1.82, 2.24) is 5.32 Å². The first-order valence-electron chi connectivity index (χ1n) is 11.4. The zero-order valence-corrected chi connectivity index (χ0v) is 20.7. The lowest BCUT2D eigenvalue weighted by atomic mass is 9.78. The van der Waals surface area contributed by atoms with E-state index in [2.05, 4.69) is 40.4 Å². The summed E-state index contributed by atoms with van der Waals surface area (Å²) >= 11 is 3.43. The van der Waals surface area contributed by atoms with Crippen molar-refractivity contribution in [1.29, 1.82) is 0 Å². The van der Waals surface area contributed by atoms with Crippen LogP contribution in [0.2, 0.25) is 0 Å². The molecule has 1 saturated carbocycles. The van der Waals surface area contributed by atoms with Gasteiger partial charge in [-0.3, -0.25) is 9.69 Å². The highest BCUT2D eigenvalue weighted by Crippen LogP contribution is 2.42. The standard InChI is InChI=1S/C25H30BrN3O4/c1-4-33-19-11-9-18(10-12-19)29-24(31)28-22-13-8-17(26)14-20(22)25(29,32)23(30)27-21-7-5-6-15(2)16(21)3/h8-16,21,32H,4-7H2,1-3H3,(H,27,30)(H,28,31)/t15-,16-,21-,25+/m0/s1. The van der Waals surface area contributed by atoms with Crippen LogP contribution >= 0.6 is 15.9 Å². The third-order valence-corrected chi connectivity index (χ3v) is 7.36. The average Bonchev–Trinajstić information content (AvgIpc) is 2.79. The molecule has 2 aliphatic rings. The minimum atomic E-state index is -2.23. The van der Waals surface area contributed by atoms with Crippen LogP contribution in [0, 0.1) is 11.8 Å². The molecule has 0 saturated heterocycles. The van der Waals surface area contributed by atoms with Gasteiger partial charge in [0.2, 0.25) is 0 Å². The van der Waals surface area contributed by atoms with E-state index in [0.717, 1.165) is 24.2 Å². The predicted octanol–water partition coefficient (Wildman–Crippen LogP) is 4.99. The van der Waals surface area contributed by atoms with Crippen LogP contribution in [0.5, 0.6) is 5.75 Å². The molecule has 3 amide bonds. The fourth-order valence-electron chi connectivity index (χ4n) is 4.79. The lowest BCUT2D eigenvalue weighted by molar-refractivity contribution is -0.141. The van der Waals surface area contributed by atoms with Gasteiger partial charge in [-0.05, 0) is 67.6 Å². The molecule has 8 heteroatoms. The Kier molecular flexibility index (Phi) is 6.68. The Hall–Kier alpha value is -2.58. The molecule has 4 rings (SSSR count). The van der Waals surface area contributed by atoms with Gasteiger partial charge in [0.1, 0.15) is 5.75 Å². The summed E-state index contributed by atoms with van der Waals surface area (Å²) < 4.78 is 6.19. The zero-order valence-electron chi connectivity index (χ0n) is 19.1. The van der Waals surface area contributed by atoms with E-state index in [1.807, 2.05) is 6.92 Å². The second-order valence-corrected chi connectivity index (χ2v) is 9.82. The molecule has 7 nitrogen and oxygen atoms in total. The van der Waals surface area contributed by atoms with Crippen LogP contribution in [-0.4, -0.2) is 29.7 Å². The maximum Gasteiger partial charge on any atom is 0.329 e. The fourth-order valence-corrected chi connectivity index (χ4v) is 5.15. The molecule has 1 heterocycles. The number of ether oxygens (including phenoxy) is 1. The molecule has 4 atom stereocenters. The number of rotatable bonds is 5. The van der Waals surface area contributed by atoms with E-state index in [1.54, 1.807) is 42.5 Å². The number of nitrogens with one attached hydrogen (secondary N) is 2. The van der Waals surface area contributed by atoms with Gasteiger partial charge in [-0.1, -0.05) is 42.6 Å². The molecule has 0 bridgehead atoms. The van der Waals surface area contributed by atoms with Crippen molar-refractivity contribution in [3.63, 3.8) is 0 Å². The van der Waals surface area contributed by atoms with Crippen LogP contribution in [0.25, 0.3) is 0 Å². The van der Waals surface area contributed by atoms with Crippen molar-refractivity contribution in [2.45, 2.75) is 51.8 Å². The monoisotopic (exact) mass is 515 g/mol. The van der Waals surface area contributed by atoms with Crippen LogP contribution in [0.15, 0.2) is 46.9 Å². The van der Waals surface area contributed by atoms with Gasteiger partial charge in [-0.25, -0.2) is 4.79 Å². The summed E-state index contributed by atoms with van der Waals surface area (Å²) in [7, 11) is 0. The number of hydrogen-bond acceptors (Lipinski definition) is 4. The molecule has 0 aromatic heterocycles. The van der Waals surface area contributed by atoms with Crippen molar-refractivity contribution in [2.75, 3.05) is 16.8 Å². The largest absolute Gasteiger partial charge is 0.494 e. The molecule has 1 aliphatic carbocycles. The Balaban J connectivity index is 1.77. The summed E-state index contributed by atoms with van der Waals surface area (Å²) in [5.41, 5.74) is -1.15. The quantitative estimate of drug-likeness (QED) is 0.523. The van der Waals surface area contributed by atoms with Gasteiger partial charge in [-0.15, -0.1) is 0 Å². The number of carbonyl (C=O) groups is 2. The number of fused-ring (bicyclic) bond motifs is 1. The van der Waals surface area contributed by atoms with Crippen LogP contribution < -0.4 is 20.3 Å². The van der Waals surface area contributed by atoms with E-state index < -0.39 is 17.7 Å². The first-order valence-corrected chi connectivity index (χ1v) is 12.2. The number of anilines is 2. The van der Waals surface area contributed by atoms with Gasteiger partial charge >= 0.3 is 6.03 Å². The topological polar surface area (TPSA) is 90.9 Å². The third-order valence-electron chi connectivity index (χ3n) is 6.87. The average molecular weight is 516 g/mol. The number of amides is 3. The highest BCUT2D eigenvalue weighted by Gasteiger charge is 2.53. The minimum absolute atomic E-state index is 0.0759. The first-order chi connectivity index (χ1) is 15.8. The van der Waals surface area contributed by atoms with Crippen molar-refractivity contribution >= 4 is 39.2 Å². The highest BCUT2D eigenvalue weighted by molar-refractivity contribution is 9.10. The molecule has 176 valence electrons. The Morgan fingerprint density at radius 3 is 2.67 bits per heavy atom. The van der Waals surface area contributed by atoms with Gasteiger partial charge in [0, 0.05) is 21.8 Å². The van der Waals surface area contributed by atoms with E-state index in [9.17, 15) is 14.7 Å².